The minimum absolute atomic E-state index is 0. The fourth-order valence-corrected chi connectivity index (χ4v) is 7.97. The number of hydrogen-bond acceptors (Lipinski definition) is 3. The number of pyridine rings is 1. The molecule has 6 heteroatoms. The van der Waals surface area contributed by atoms with Crippen molar-refractivity contribution < 1.29 is 25.8 Å². The quantitative estimate of drug-likeness (QED) is 0.115. The van der Waals surface area contributed by atoms with Crippen molar-refractivity contribution in [2.24, 2.45) is 11.3 Å². The Kier molecular flexibility index (Phi) is 12.2. The van der Waals surface area contributed by atoms with Crippen LogP contribution in [0.25, 0.3) is 44.4 Å². The van der Waals surface area contributed by atoms with E-state index in [9.17, 15) is 0 Å². The summed E-state index contributed by atoms with van der Waals surface area (Å²) >= 11 is 0. The molecule has 0 aliphatic carbocycles. The second-order valence-corrected chi connectivity index (χ2v) is 16.6. The van der Waals surface area contributed by atoms with Crippen LogP contribution in [-0.4, -0.2) is 19.3 Å². The number of aryl methyl sites for hydroxylation is 3. The Balaban J connectivity index is 0.00000514. The SMILES string of the molecule is CCCC(C)CC(C)c1ccc2c(c1)c1ccc(Oc3[c-]c(-n4nc(C)c(-c5ccccc5)c4C)cc(CCC(C)(C)C)c3)[c-]c1n2-c1cc(C)ccn1.[Pt+2]. The zero-order chi connectivity index (χ0) is 38.1. The maximum Gasteiger partial charge on any atom is 2.00 e. The van der Waals surface area contributed by atoms with E-state index in [4.69, 9.17) is 14.8 Å². The number of benzene rings is 4. The van der Waals surface area contributed by atoms with E-state index in [-0.39, 0.29) is 26.5 Å². The molecule has 0 saturated heterocycles. The molecule has 286 valence electrons. The van der Waals surface area contributed by atoms with Crippen LogP contribution in [0.2, 0.25) is 0 Å². The Morgan fingerprint density at radius 1 is 0.836 bits per heavy atom. The molecule has 3 heterocycles. The Morgan fingerprint density at radius 2 is 1.62 bits per heavy atom. The molecule has 0 aliphatic rings. The minimum Gasteiger partial charge on any atom is -0.509 e. The minimum atomic E-state index is 0. The van der Waals surface area contributed by atoms with Gasteiger partial charge in [0, 0.05) is 34.5 Å². The van der Waals surface area contributed by atoms with Gasteiger partial charge in [-0.25, -0.2) is 4.98 Å². The van der Waals surface area contributed by atoms with Gasteiger partial charge in [-0.05, 0) is 103 Å². The van der Waals surface area contributed by atoms with Gasteiger partial charge in [-0.3, -0.25) is 4.68 Å². The normalized spacial score (nSPS) is 12.9. The van der Waals surface area contributed by atoms with Crippen LogP contribution in [0.1, 0.15) is 101 Å². The van der Waals surface area contributed by atoms with Crippen molar-refractivity contribution in [2.45, 2.75) is 100 Å². The number of aromatic nitrogens is 4. The van der Waals surface area contributed by atoms with Gasteiger partial charge >= 0.3 is 21.1 Å². The first kappa shape index (κ1) is 40.2. The van der Waals surface area contributed by atoms with Gasteiger partial charge < -0.3 is 9.30 Å². The van der Waals surface area contributed by atoms with E-state index in [1.54, 1.807) is 0 Å². The molecule has 0 N–H and O–H groups in total. The van der Waals surface area contributed by atoms with Crippen molar-refractivity contribution >= 4 is 21.8 Å². The maximum absolute atomic E-state index is 6.74. The third-order valence-corrected chi connectivity index (χ3v) is 10.8. The molecular weight excluding hydrogens is 856 g/mol. The molecule has 2 atom stereocenters. The van der Waals surface area contributed by atoms with Crippen LogP contribution in [0.5, 0.6) is 11.5 Å². The zero-order valence-electron chi connectivity index (χ0n) is 33.9. The molecule has 0 aliphatic heterocycles. The largest absolute Gasteiger partial charge is 2.00 e. The number of rotatable bonds is 12. The van der Waals surface area contributed by atoms with Crippen LogP contribution in [0.15, 0.2) is 91.1 Å². The predicted molar refractivity (Wildman–Crippen MR) is 224 cm³/mol. The standard InChI is InChI=1S/C49H54N4O.Pt/c1-10-14-32(2)25-34(4)39-17-20-45-44(29-39)43-19-18-41(31-46(43)52(45)47-26-33(3)22-24-50-47)54-42-28-37(21-23-49(7,8)9)27-40(30-42)53-36(6)48(35(5)51-53)38-15-12-11-13-16-38;/h11-13,15-20,22,24,26-29,32,34H,10,14,21,23,25H2,1-9H3;/q-2;+2. The average Bonchev–Trinajstić information content (AvgIpc) is 3.62. The van der Waals surface area contributed by atoms with Gasteiger partial charge in [-0.15, -0.1) is 35.7 Å². The summed E-state index contributed by atoms with van der Waals surface area (Å²) in [6, 6.07) is 37.5. The molecule has 0 bridgehead atoms. The smallest absolute Gasteiger partial charge is 0.509 e. The molecule has 7 rings (SSSR count). The topological polar surface area (TPSA) is 44.9 Å². The monoisotopic (exact) mass is 909 g/mol. The fraction of sp³-hybridized carbons (Fsp3) is 0.347. The van der Waals surface area contributed by atoms with Crippen LogP contribution in [-0.2, 0) is 27.5 Å². The van der Waals surface area contributed by atoms with Crippen LogP contribution in [0.3, 0.4) is 0 Å². The number of fused-ring (bicyclic) bond motifs is 3. The summed E-state index contributed by atoms with van der Waals surface area (Å²) in [5.41, 5.74) is 11.2. The molecule has 4 aromatic carbocycles. The van der Waals surface area contributed by atoms with Gasteiger partial charge in [0.15, 0.2) is 0 Å². The first-order chi connectivity index (χ1) is 25.9. The molecule has 0 radical (unpaired) electrons. The maximum atomic E-state index is 6.74. The Morgan fingerprint density at radius 3 is 2.35 bits per heavy atom. The summed E-state index contributed by atoms with van der Waals surface area (Å²) in [6.07, 6.45) is 7.51. The molecule has 2 unspecified atom stereocenters. The van der Waals surface area contributed by atoms with E-state index < -0.39 is 0 Å². The van der Waals surface area contributed by atoms with Crippen LogP contribution >= 0.6 is 0 Å². The third kappa shape index (κ3) is 8.84. The summed E-state index contributed by atoms with van der Waals surface area (Å²) in [7, 11) is 0. The van der Waals surface area contributed by atoms with Gasteiger partial charge in [-0.1, -0.05) is 102 Å². The third-order valence-electron chi connectivity index (χ3n) is 10.8. The zero-order valence-corrected chi connectivity index (χ0v) is 36.1. The molecule has 0 fully saturated rings. The summed E-state index contributed by atoms with van der Waals surface area (Å²) in [4.78, 5) is 4.84. The van der Waals surface area contributed by atoms with Crippen molar-refractivity contribution in [3.63, 3.8) is 0 Å². The van der Waals surface area contributed by atoms with Gasteiger partial charge in [-0.2, -0.15) is 16.7 Å². The van der Waals surface area contributed by atoms with Gasteiger partial charge in [0.25, 0.3) is 0 Å². The van der Waals surface area contributed by atoms with E-state index >= 15 is 0 Å². The van der Waals surface area contributed by atoms with Gasteiger partial charge in [0.2, 0.25) is 0 Å². The molecular formula is C49H54N4OPt. The Hall–Kier alpha value is -4.47. The van der Waals surface area contributed by atoms with Gasteiger partial charge in [0.05, 0.1) is 5.69 Å². The second-order valence-electron chi connectivity index (χ2n) is 16.6. The Bertz CT molecular complexity index is 2420. The first-order valence-electron chi connectivity index (χ1n) is 19.7. The van der Waals surface area contributed by atoms with Gasteiger partial charge in [0.1, 0.15) is 5.82 Å². The van der Waals surface area contributed by atoms with Crippen molar-refractivity contribution in [1.29, 1.82) is 0 Å². The van der Waals surface area contributed by atoms with Crippen LogP contribution in [0, 0.1) is 44.2 Å². The second kappa shape index (κ2) is 16.7. The summed E-state index contributed by atoms with van der Waals surface area (Å²) < 4.78 is 11.0. The molecule has 0 spiro atoms. The summed E-state index contributed by atoms with van der Waals surface area (Å²) in [5, 5.41) is 7.37. The molecule has 0 saturated carbocycles. The average molecular weight is 910 g/mol. The summed E-state index contributed by atoms with van der Waals surface area (Å²) in [6.45, 7) is 20.2. The van der Waals surface area contributed by atoms with Crippen LogP contribution in [0.4, 0.5) is 0 Å². The number of hydrogen-bond donors (Lipinski definition) is 0. The molecule has 5 nitrogen and oxygen atoms in total. The molecule has 3 aromatic heterocycles. The number of ether oxygens (including phenoxy) is 1. The first-order valence-corrected chi connectivity index (χ1v) is 19.7. The van der Waals surface area contributed by atoms with Crippen LogP contribution < -0.4 is 4.74 Å². The van der Waals surface area contributed by atoms with E-state index in [2.05, 4.69) is 146 Å². The van der Waals surface area contributed by atoms with Crippen molar-refractivity contribution in [3.05, 3.63) is 131 Å². The Labute approximate surface area is 342 Å². The fourth-order valence-electron chi connectivity index (χ4n) is 7.97. The van der Waals surface area contributed by atoms with E-state index in [0.717, 1.165) is 68.8 Å². The molecule has 0 amide bonds. The van der Waals surface area contributed by atoms with Crippen molar-refractivity contribution in [2.75, 3.05) is 0 Å². The molecule has 7 aromatic rings. The van der Waals surface area contributed by atoms with E-state index in [1.165, 1.54) is 35.8 Å². The van der Waals surface area contributed by atoms with Crippen molar-refractivity contribution in [3.8, 4) is 34.1 Å². The summed E-state index contributed by atoms with van der Waals surface area (Å²) in [5.74, 6) is 3.32. The van der Waals surface area contributed by atoms with E-state index in [0.29, 0.717) is 23.3 Å². The van der Waals surface area contributed by atoms with Crippen molar-refractivity contribution in [1.82, 2.24) is 19.3 Å². The molecule has 55 heavy (non-hydrogen) atoms. The predicted octanol–water partition coefficient (Wildman–Crippen LogP) is 13.3. The number of nitrogens with zero attached hydrogens (tertiary/aromatic N) is 4. The van der Waals surface area contributed by atoms with E-state index in [1.807, 2.05) is 29.1 Å².